The molecule has 1 saturated heterocycles. The third-order valence-corrected chi connectivity index (χ3v) is 3.81. The zero-order valence-corrected chi connectivity index (χ0v) is 10.9. The molecule has 2 N–H and O–H groups in total. The van der Waals surface area contributed by atoms with E-state index >= 15 is 0 Å². The van der Waals surface area contributed by atoms with Gasteiger partial charge in [0.05, 0.1) is 5.92 Å². The Hall–Kier alpha value is -2.04. The summed E-state index contributed by atoms with van der Waals surface area (Å²) in [5, 5.41) is 0. The standard InChI is InChI=1S/C14H17N3O2/c1-9-6-7-10(13(15)18)8-17(9)14-16-11-4-2-3-5-12(11)19-14/h2-5,9-10H,6-8H2,1H3,(H2,15,18)/t9-,10+/m1/s1. The number of hydrogen-bond donors (Lipinski definition) is 1. The Labute approximate surface area is 111 Å². The fourth-order valence-electron chi connectivity index (χ4n) is 2.59. The van der Waals surface area contributed by atoms with Crippen molar-refractivity contribution in [2.45, 2.75) is 25.8 Å². The fraction of sp³-hybridized carbons (Fsp3) is 0.429. The summed E-state index contributed by atoms with van der Waals surface area (Å²) in [7, 11) is 0. The van der Waals surface area contributed by atoms with Crippen LogP contribution in [0.15, 0.2) is 28.7 Å². The molecule has 1 aliphatic heterocycles. The van der Waals surface area contributed by atoms with E-state index in [0.717, 1.165) is 23.9 Å². The van der Waals surface area contributed by atoms with Crippen LogP contribution in [0.2, 0.25) is 0 Å². The van der Waals surface area contributed by atoms with E-state index in [9.17, 15) is 4.79 Å². The highest BCUT2D eigenvalue weighted by Gasteiger charge is 2.31. The number of primary amides is 1. The van der Waals surface area contributed by atoms with E-state index in [-0.39, 0.29) is 11.8 Å². The number of carbonyl (C=O) groups excluding carboxylic acids is 1. The van der Waals surface area contributed by atoms with Gasteiger partial charge in [0, 0.05) is 12.6 Å². The van der Waals surface area contributed by atoms with Crippen LogP contribution in [-0.2, 0) is 4.79 Å². The molecule has 0 unspecified atom stereocenters. The van der Waals surface area contributed by atoms with Crippen molar-refractivity contribution < 1.29 is 9.21 Å². The summed E-state index contributed by atoms with van der Waals surface area (Å²) in [5.74, 6) is -0.362. The van der Waals surface area contributed by atoms with Crippen molar-refractivity contribution >= 4 is 23.0 Å². The molecule has 5 heteroatoms. The highest BCUT2D eigenvalue weighted by molar-refractivity contribution is 5.78. The Bertz CT molecular complexity index is 575. The first-order chi connectivity index (χ1) is 9.15. The second kappa shape index (κ2) is 4.57. The number of fused-ring (bicyclic) bond motifs is 1. The number of oxazole rings is 1. The normalized spacial score (nSPS) is 23.7. The molecule has 19 heavy (non-hydrogen) atoms. The van der Waals surface area contributed by atoms with Crippen LogP contribution in [-0.4, -0.2) is 23.5 Å². The summed E-state index contributed by atoms with van der Waals surface area (Å²) < 4.78 is 5.77. The van der Waals surface area contributed by atoms with Gasteiger partial charge in [-0.1, -0.05) is 12.1 Å². The van der Waals surface area contributed by atoms with Gasteiger partial charge in [-0.25, -0.2) is 0 Å². The van der Waals surface area contributed by atoms with E-state index in [4.69, 9.17) is 10.2 Å². The maximum Gasteiger partial charge on any atom is 0.298 e. The summed E-state index contributed by atoms with van der Waals surface area (Å²) in [6.45, 7) is 2.70. The molecule has 0 radical (unpaired) electrons. The number of amides is 1. The number of anilines is 1. The minimum absolute atomic E-state index is 0.119. The second-order valence-electron chi connectivity index (χ2n) is 5.14. The number of rotatable bonds is 2. The van der Waals surface area contributed by atoms with Gasteiger partial charge in [-0.3, -0.25) is 4.79 Å². The number of piperidine rings is 1. The molecule has 1 aromatic carbocycles. The van der Waals surface area contributed by atoms with Crippen molar-refractivity contribution in [3.63, 3.8) is 0 Å². The van der Waals surface area contributed by atoms with Gasteiger partial charge >= 0.3 is 0 Å². The molecule has 0 bridgehead atoms. The molecular formula is C14H17N3O2. The molecular weight excluding hydrogens is 242 g/mol. The summed E-state index contributed by atoms with van der Waals surface area (Å²) in [4.78, 5) is 17.9. The molecule has 100 valence electrons. The first-order valence-corrected chi connectivity index (χ1v) is 6.56. The monoisotopic (exact) mass is 259 g/mol. The Morgan fingerprint density at radius 3 is 2.95 bits per heavy atom. The van der Waals surface area contributed by atoms with E-state index in [1.54, 1.807) is 0 Å². The van der Waals surface area contributed by atoms with Gasteiger partial charge in [0.25, 0.3) is 6.01 Å². The summed E-state index contributed by atoms with van der Waals surface area (Å²) in [6.07, 6.45) is 1.76. The minimum Gasteiger partial charge on any atom is -0.423 e. The Morgan fingerprint density at radius 1 is 1.42 bits per heavy atom. The number of hydrogen-bond acceptors (Lipinski definition) is 4. The van der Waals surface area contributed by atoms with Crippen LogP contribution in [0, 0.1) is 5.92 Å². The average Bonchev–Trinajstić information content (AvgIpc) is 2.82. The zero-order chi connectivity index (χ0) is 13.4. The van der Waals surface area contributed by atoms with Gasteiger partial charge in [-0.2, -0.15) is 4.98 Å². The highest BCUT2D eigenvalue weighted by Crippen LogP contribution is 2.29. The lowest BCUT2D eigenvalue weighted by Gasteiger charge is -2.35. The van der Waals surface area contributed by atoms with Crippen molar-refractivity contribution in [3.8, 4) is 0 Å². The van der Waals surface area contributed by atoms with Crippen LogP contribution in [0.25, 0.3) is 11.1 Å². The van der Waals surface area contributed by atoms with Gasteiger partial charge < -0.3 is 15.1 Å². The maximum atomic E-state index is 11.4. The zero-order valence-electron chi connectivity index (χ0n) is 10.9. The van der Waals surface area contributed by atoms with Crippen molar-refractivity contribution in [1.82, 2.24) is 4.98 Å². The first kappa shape index (κ1) is 12.0. The fourth-order valence-corrected chi connectivity index (χ4v) is 2.59. The number of carbonyl (C=O) groups is 1. The predicted octanol–water partition coefficient (Wildman–Crippen LogP) is 1.92. The SMILES string of the molecule is C[C@@H]1CC[C@H](C(N)=O)CN1c1nc2ccccc2o1. The second-order valence-corrected chi connectivity index (χ2v) is 5.14. The number of aromatic nitrogens is 1. The molecule has 1 aromatic heterocycles. The van der Waals surface area contributed by atoms with Gasteiger partial charge in [-0.15, -0.1) is 0 Å². The van der Waals surface area contributed by atoms with Crippen LogP contribution in [0.3, 0.4) is 0 Å². The molecule has 1 fully saturated rings. The van der Waals surface area contributed by atoms with Crippen molar-refractivity contribution in [2.75, 3.05) is 11.4 Å². The third-order valence-electron chi connectivity index (χ3n) is 3.81. The van der Waals surface area contributed by atoms with Crippen LogP contribution in [0.5, 0.6) is 0 Å². The molecule has 1 amide bonds. The van der Waals surface area contributed by atoms with Gasteiger partial charge in [-0.05, 0) is 31.9 Å². The lowest BCUT2D eigenvalue weighted by atomic mass is 9.93. The lowest BCUT2D eigenvalue weighted by molar-refractivity contribution is -0.122. The molecule has 2 aromatic rings. The van der Waals surface area contributed by atoms with Gasteiger partial charge in [0.1, 0.15) is 5.52 Å². The number of para-hydroxylation sites is 2. The van der Waals surface area contributed by atoms with Crippen molar-refractivity contribution in [3.05, 3.63) is 24.3 Å². The molecule has 2 heterocycles. The Morgan fingerprint density at radius 2 is 2.21 bits per heavy atom. The molecule has 1 aliphatic rings. The van der Waals surface area contributed by atoms with E-state index in [1.165, 1.54) is 0 Å². The van der Waals surface area contributed by atoms with Crippen LogP contribution in [0.4, 0.5) is 6.01 Å². The number of benzene rings is 1. The van der Waals surface area contributed by atoms with Crippen LogP contribution < -0.4 is 10.6 Å². The van der Waals surface area contributed by atoms with E-state index in [2.05, 4.69) is 11.9 Å². The van der Waals surface area contributed by atoms with Crippen molar-refractivity contribution in [1.29, 1.82) is 0 Å². The molecule has 5 nitrogen and oxygen atoms in total. The van der Waals surface area contributed by atoms with E-state index in [1.807, 2.05) is 29.2 Å². The smallest absolute Gasteiger partial charge is 0.298 e. The number of nitrogens with two attached hydrogens (primary N) is 1. The van der Waals surface area contributed by atoms with E-state index < -0.39 is 0 Å². The van der Waals surface area contributed by atoms with Gasteiger partial charge in [0.15, 0.2) is 5.58 Å². The molecule has 2 atom stereocenters. The topological polar surface area (TPSA) is 72.4 Å². The summed E-state index contributed by atoms with van der Waals surface area (Å²) >= 11 is 0. The summed E-state index contributed by atoms with van der Waals surface area (Å²) in [6, 6.07) is 8.56. The maximum absolute atomic E-state index is 11.4. The van der Waals surface area contributed by atoms with Gasteiger partial charge in [0.2, 0.25) is 5.91 Å². The average molecular weight is 259 g/mol. The quantitative estimate of drug-likeness (QED) is 0.894. The molecule has 0 aliphatic carbocycles. The van der Waals surface area contributed by atoms with Crippen molar-refractivity contribution in [2.24, 2.45) is 11.7 Å². The molecule has 3 rings (SSSR count). The molecule has 0 saturated carbocycles. The van der Waals surface area contributed by atoms with E-state index in [0.29, 0.717) is 18.6 Å². The Kier molecular flexibility index (Phi) is 2.89. The molecule has 0 spiro atoms. The lowest BCUT2D eigenvalue weighted by Crippen LogP contribution is -2.46. The van der Waals surface area contributed by atoms with Crippen LogP contribution in [0.1, 0.15) is 19.8 Å². The number of nitrogens with zero attached hydrogens (tertiary/aromatic N) is 2. The minimum atomic E-state index is -0.243. The Balaban J connectivity index is 1.92. The first-order valence-electron chi connectivity index (χ1n) is 6.56. The third kappa shape index (κ3) is 2.16. The largest absolute Gasteiger partial charge is 0.423 e. The summed E-state index contributed by atoms with van der Waals surface area (Å²) in [5.41, 5.74) is 7.02. The van der Waals surface area contributed by atoms with Crippen LogP contribution >= 0.6 is 0 Å². The highest BCUT2D eigenvalue weighted by atomic mass is 16.4. The predicted molar refractivity (Wildman–Crippen MR) is 72.7 cm³/mol.